The van der Waals surface area contributed by atoms with E-state index in [0.717, 1.165) is 11.0 Å². The summed E-state index contributed by atoms with van der Waals surface area (Å²) in [5, 5.41) is 0. The second kappa shape index (κ2) is 2.39. The first kappa shape index (κ1) is 7.91. The summed E-state index contributed by atoms with van der Waals surface area (Å²) in [6, 6.07) is 3.58. The lowest BCUT2D eigenvalue weighted by atomic mass is 10.1. The number of benzene rings is 1. The number of nitrogens with zero attached hydrogens (tertiary/aromatic N) is 1. The Kier molecular flexibility index (Phi) is 1.45. The molecule has 0 atom stereocenters. The third-order valence-corrected chi connectivity index (χ3v) is 2.05. The molecule has 1 aliphatic rings. The molecule has 2 rings (SSSR count). The molecule has 1 aromatic rings. The molecule has 1 aliphatic heterocycles. The van der Waals surface area contributed by atoms with E-state index in [0.29, 0.717) is 0 Å². The summed E-state index contributed by atoms with van der Waals surface area (Å²) in [7, 11) is 1.38. The first-order chi connectivity index (χ1) is 6.11. The minimum absolute atomic E-state index is 0.146. The molecule has 4 heteroatoms. The third kappa shape index (κ3) is 0.950. The number of hydrogen-bond donors (Lipinski definition) is 0. The van der Waals surface area contributed by atoms with Crippen LogP contribution in [0.3, 0.4) is 0 Å². The second-order valence-corrected chi connectivity index (χ2v) is 2.86. The number of halogens is 1. The van der Waals surface area contributed by atoms with Crippen molar-refractivity contribution in [2.24, 2.45) is 0 Å². The van der Waals surface area contributed by atoms with Gasteiger partial charge in [-0.15, -0.1) is 0 Å². The normalized spacial score (nSPS) is 15.1. The maximum absolute atomic E-state index is 12.7. The Labute approximate surface area is 73.8 Å². The fourth-order valence-electron chi connectivity index (χ4n) is 1.33. The maximum Gasteiger partial charge on any atom is 0.261 e. The van der Waals surface area contributed by atoms with Crippen LogP contribution in [0.4, 0.5) is 4.39 Å². The molecule has 66 valence electrons. The molecule has 0 saturated carbocycles. The van der Waals surface area contributed by atoms with E-state index < -0.39 is 11.7 Å². The zero-order valence-corrected chi connectivity index (χ0v) is 6.87. The lowest BCUT2D eigenvalue weighted by molar-refractivity contribution is 0.0693. The van der Waals surface area contributed by atoms with Gasteiger partial charge in [0.15, 0.2) is 0 Å². The van der Waals surface area contributed by atoms with E-state index in [2.05, 4.69) is 0 Å². The van der Waals surface area contributed by atoms with Crippen LogP contribution >= 0.6 is 0 Å². The van der Waals surface area contributed by atoms with Gasteiger partial charge in [-0.2, -0.15) is 0 Å². The average Bonchev–Trinajstić information content (AvgIpc) is 2.32. The first-order valence-electron chi connectivity index (χ1n) is 3.73. The molecule has 1 heterocycles. The average molecular weight is 179 g/mol. The van der Waals surface area contributed by atoms with E-state index in [4.69, 9.17) is 0 Å². The molecule has 0 spiro atoms. The Morgan fingerprint density at radius 1 is 1.15 bits per heavy atom. The van der Waals surface area contributed by atoms with Crippen LogP contribution in [0.25, 0.3) is 0 Å². The van der Waals surface area contributed by atoms with Gasteiger partial charge in [-0.3, -0.25) is 14.5 Å². The highest BCUT2D eigenvalue weighted by Crippen LogP contribution is 2.21. The van der Waals surface area contributed by atoms with Gasteiger partial charge in [0.2, 0.25) is 0 Å². The number of imide groups is 1. The first-order valence-corrected chi connectivity index (χ1v) is 3.73. The van der Waals surface area contributed by atoms with Crippen molar-refractivity contribution in [2.75, 3.05) is 7.05 Å². The number of hydrogen-bond acceptors (Lipinski definition) is 2. The second-order valence-electron chi connectivity index (χ2n) is 2.86. The summed E-state index contributed by atoms with van der Waals surface area (Å²) in [6.07, 6.45) is 0. The molecule has 0 aliphatic carbocycles. The largest absolute Gasteiger partial charge is 0.277 e. The molecular weight excluding hydrogens is 173 g/mol. The topological polar surface area (TPSA) is 37.4 Å². The predicted octanol–water partition coefficient (Wildman–Crippen LogP) is 1.05. The predicted molar refractivity (Wildman–Crippen MR) is 42.8 cm³/mol. The number of fused-ring (bicyclic) bond motifs is 1. The van der Waals surface area contributed by atoms with Gasteiger partial charge in [-0.1, -0.05) is 0 Å². The van der Waals surface area contributed by atoms with Crippen LogP contribution < -0.4 is 0 Å². The third-order valence-electron chi connectivity index (χ3n) is 2.05. The Balaban J connectivity index is 2.67. The number of rotatable bonds is 0. The molecule has 0 bridgehead atoms. The van der Waals surface area contributed by atoms with E-state index in [1.165, 1.54) is 19.2 Å². The lowest BCUT2D eigenvalue weighted by Crippen LogP contribution is -2.24. The van der Waals surface area contributed by atoms with Crippen LogP contribution in [0.1, 0.15) is 20.7 Å². The summed E-state index contributed by atoms with van der Waals surface area (Å²) < 4.78 is 12.7. The lowest BCUT2D eigenvalue weighted by Gasteiger charge is -2.02. The van der Waals surface area contributed by atoms with Gasteiger partial charge in [-0.05, 0) is 18.2 Å². The van der Waals surface area contributed by atoms with Crippen molar-refractivity contribution >= 4 is 11.8 Å². The highest BCUT2D eigenvalue weighted by Gasteiger charge is 2.32. The smallest absolute Gasteiger partial charge is 0.261 e. The summed E-state index contributed by atoms with van der Waals surface area (Å²) in [5.74, 6) is -1.32. The molecule has 1 aromatic carbocycles. The van der Waals surface area contributed by atoms with E-state index in [9.17, 15) is 14.0 Å². The molecule has 0 fully saturated rings. The Bertz CT molecular complexity index is 414. The van der Waals surface area contributed by atoms with Gasteiger partial charge in [-0.25, -0.2) is 4.39 Å². The number of carbonyl (C=O) groups is 2. The van der Waals surface area contributed by atoms with Crippen molar-refractivity contribution in [1.82, 2.24) is 4.90 Å². The van der Waals surface area contributed by atoms with Gasteiger partial charge < -0.3 is 0 Å². The number of carbonyl (C=O) groups excluding carboxylic acids is 2. The maximum atomic E-state index is 12.7. The zero-order valence-electron chi connectivity index (χ0n) is 6.87. The van der Waals surface area contributed by atoms with Gasteiger partial charge in [0, 0.05) is 7.05 Å². The van der Waals surface area contributed by atoms with Gasteiger partial charge in [0.1, 0.15) is 5.82 Å². The quantitative estimate of drug-likeness (QED) is 0.558. The summed E-state index contributed by atoms with van der Waals surface area (Å²) >= 11 is 0. The molecule has 13 heavy (non-hydrogen) atoms. The van der Waals surface area contributed by atoms with Crippen molar-refractivity contribution < 1.29 is 14.0 Å². The molecule has 2 amide bonds. The summed E-state index contributed by atoms with van der Waals surface area (Å²) in [5.41, 5.74) is 0.418. The van der Waals surface area contributed by atoms with Crippen molar-refractivity contribution in [3.05, 3.63) is 35.1 Å². The molecule has 0 radical (unpaired) electrons. The van der Waals surface area contributed by atoms with Crippen LogP contribution in [0.5, 0.6) is 0 Å². The fraction of sp³-hybridized carbons (Fsp3) is 0.111. The van der Waals surface area contributed by atoms with Gasteiger partial charge >= 0.3 is 0 Å². The SMILES string of the molecule is CN1C(=O)c2ccc(F)cc2C1=O. The van der Waals surface area contributed by atoms with Crippen LogP contribution in [0.2, 0.25) is 0 Å². The standard InChI is InChI=1S/C9H6FNO2/c1-11-8(12)6-3-2-5(10)4-7(6)9(11)13/h2-4H,1H3. The molecular formula is C9H6FNO2. The van der Waals surface area contributed by atoms with Crippen molar-refractivity contribution in [2.45, 2.75) is 0 Å². The zero-order chi connectivity index (χ0) is 9.59. The minimum atomic E-state index is -0.504. The summed E-state index contributed by atoms with van der Waals surface area (Å²) in [6.45, 7) is 0. The van der Waals surface area contributed by atoms with Gasteiger partial charge in [0.25, 0.3) is 11.8 Å². The monoisotopic (exact) mass is 179 g/mol. The van der Waals surface area contributed by atoms with Crippen molar-refractivity contribution in [3.63, 3.8) is 0 Å². The highest BCUT2D eigenvalue weighted by atomic mass is 19.1. The van der Waals surface area contributed by atoms with E-state index >= 15 is 0 Å². The molecule has 0 unspecified atom stereocenters. The van der Waals surface area contributed by atoms with E-state index in [1.54, 1.807) is 0 Å². The number of amides is 2. The van der Waals surface area contributed by atoms with Crippen molar-refractivity contribution in [3.8, 4) is 0 Å². The van der Waals surface area contributed by atoms with E-state index in [1.807, 2.05) is 0 Å². The highest BCUT2D eigenvalue weighted by molar-refractivity contribution is 6.21. The van der Waals surface area contributed by atoms with Crippen LogP contribution in [0, 0.1) is 5.82 Å². The Morgan fingerprint density at radius 3 is 2.46 bits per heavy atom. The Hall–Kier alpha value is -1.71. The summed E-state index contributed by atoms with van der Waals surface area (Å²) in [4.78, 5) is 23.6. The molecule has 0 aromatic heterocycles. The van der Waals surface area contributed by atoms with E-state index in [-0.39, 0.29) is 17.0 Å². The van der Waals surface area contributed by atoms with Crippen LogP contribution in [-0.4, -0.2) is 23.8 Å². The van der Waals surface area contributed by atoms with Crippen LogP contribution in [0.15, 0.2) is 18.2 Å². The van der Waals surface area contributed by atoms with Crippen molar-refractivity contribution in [1.29, 1.82) is 0 Å². The molecule has 3 nitrogen and oxygen atoms in total. The Morgan fingerprint density at radius 2 is 1.77 bits per heavy atom. The minimum Gasteiger partial charge on any atom is -0.277 e. The van der Waals surface area contributed by atoms with Gasteiger partial charge in [0.05, 0.1) is 11.1 Å². The van der Waals surface area contributed by atoms with Crippen LogP contribution in [-0.2, 0) is 0 Å². The fourth-order valence-corrected chi connectivity index (χ4v) is 1.33. The molecule has 0 N–H and O–H groups in total. The molecule has 0 saturated heterocycles.